The molecule has 3 aromatic rings. The van der Waals surface area contributed by atoms with Gasteiger partial charge in [0.05, 0.1) is 22.3 Å². The summed E-state index contributed by atoms with van der Waals surface area (Å²) in [6.07, 6.45) is 1.66. The molecule has 0 aliphatic carbocycles. The summed E-state index contributed by atoms with van der Waals surface area (Å²) in [5, 5.41) is 9.14. The first kappa shape index (κ1) is 14.1. The molecular weight excluding hydrogens is 302 g/mol. The van der Waals surface area contributed by atoms with E-state index in [9.17, 15) is 4.79 Å². The lowest BCUT2D eigenvalue weighted by molar-refractivity contribution is 0.301. The van der Waals surface area contributed by atoms with Crippen molar-refractivity contribution >= 4 is 17.2 Å². The molecule has 0 saturated carbocycles. The van der Waals surface area contributed by atoms with E-state index in [4.69, 9.17) is 21.6 Å². The molecule has 0 radical (unpaired) electrons. The topological polar surface area (TPSA) is 67.4 Å². The highest BCUT2D eigenvalue weighted by Crippen LogP contribution is 2.25. The van der Waals surface area contributed by atoms with Crippen LogP contribution in [-0.4, -0.2) is 9.38 Å². The molecule has 22 heavy (non-hydrogen) atoms. The van der Waals surface area contributed by atoms with E-state index < -0.39 is 0 Å². The highest BCUT2D eigenvalue weighted by atomic mass is 35.5. The second-order valence-corrected chi connectivity index (χ2v) is 4.97. The van der Waals surface area contributed by atoms with Crippen molar-refractivity contribution in [2.45, 2.75) is 6.61 Å². The predicted octanol–water partition coefficient (Wildman–Crippen LogP) is 2.80. The van der Waals surface area contributed by atoms with Gasteiger partial charge in [-0.25, -0.2) is 4.98 Å². The van der Waals surface area contributed by atoms with Crippen LogP contribution in [-0.2, 0) is 6.61 Å². The Kier molecular flexibility index (Phi) is 3.77. The number of nitriles is 1. The monoisotopic (exact) mass is 311 g/mol. The maximum atomic E-state index is 12.0. The lowest BCUT2D eigenvalue weighted by Gasteiger charge is -2.08. The van der Waals surface area contributed by atoms with Crippen LogP contribution in [0.25, 0.3) is 5.65 Å². The van der Waals surface area contributed by atoms with E-state index >= 15 is 0 Å². The minimum absolute atomic E-state index is 0.117. The molecular formula is C16H10ClN3O2. The molecule has 0 N–H and O–H groups in total. The minimum atomic E-state index is -0.171. The third-order valence-corrected chi connectivity index (χ3v) is 3.36. The highest BCUT2D eigenvalue weighted by molar-refractivity contribution is 6.32. The molecule has 108 valence electrons. The number of rotatable bonds is 3. The Hall–Kier alpha value is -2.84. The molecule has 3 rings (SSSR count). The van der Waals surface area contributed by atoms with Gasteiger partial charge < -0.3 is 4.74 Å². The number of benzene rings is 1. The van der Waals surface area contributed by atoms with Crippen molar-refractivity contribution in [3.8, 4) is 11.8 Å². The fourth-order valence-corrected chi connectivity index (χ4v) is 2.25. The minimum Gasteiger partial charge on any atom is -0.486 e. The number of aromatic nitrogens is 2. The van der Waals surface area contributed by atoms with Crippen molar-refractivity contribution in [2.75, 3.05) is 0 Å². The summed E-state index contributed by atoms with van der Waals surface area (Å²) in [6, 6.07) is 13.5. The highest BCUT2D eigenvalue weighted by Gasteiger charge is 2.06. The van der Waals surface area contributed by atoms with Gasteiger partial charge in [-0.2, -0.15) is 5.26 Å². The summed E-state index contributed by atoms with van der Waals surface area (Å²) in [7, 11) is 0. The average Bonchev–Trinajstić information content (AvgIpc) is 2.53. The van der Waals surface area contributed by atoms with Gasteiger partial charge in [-0.3, -0.25) is 9.20 Å². The van der Waals surface area contributed by atoms with Crippen LogP contribution in [0.15, 0.2) is 53.5 Å². The molecule has 0 spiro atoms. The zero-order chi connectivity index (χ0) is 15.5. The van der Waals surface area contributed by atoms with Crippen LogP contribution >= 0.6 is 11.6 Å². The average molecular weight is 312 g/mol. The third kappa shape index (κ3) is 2.78. The number of hydrogen-bond acceptors (Lipinski definition) is 4. The number of hydrogen-bond donors (Lipinski definition) is 0. The van der Waals surface area contributed by atoms with Gasteiger partial charge in [0.15, 0.2) is 0 Å². The van der Waals surface area contributed by atoms with Gasteiger partial charge in [-0.15, -0.1) is 0 Å². The number of pyridine rings is 1. The summed E-state index contributed by atoms with van der Waals surface area (Å²) in [6.45, 7) is 0.117. The van der Waals surface area contributed by atoms with Crippen LogP contribution in [0.1, 0.15) is 11.3 Å². The van der Waals surface area contributed by atoms with E-state index in [1.165, 1.54) is 16.5 Å². The Bertz CT molecular complexity index is 944. The SMILES string of the molecule is N#Cc1ccc(OCc2cc(=O)n3ccccc3n2)c(Cl)c1. The van der Waals surface area contributed by atoms with Gasteiger partial charge in [0.25, 0.3) is 5.56 Å². The zero-order valence-electron chi connectivity index (χ0n) is 11.4. The lowest BCUT2D eigenvalue weighted by Crippen LogP contribution is -2.16. The van der Waals surface area contributed by atoms with Gasteiger partial charge in [-0.05, 0) is 30.3 Å². The molecule has 0 unspecified atom stereocenters. The Morgan fingerprint density at radius 2 is 2.14 bits per heavy atom. The van der Waals surface area contributed by atoms with E-state index in [1.54, 1.807) is 30.5 Å². The second-order valence-electron chi connectivity index (χ2n) is 4.56. The zero-order valence-corrected chi connectivity index (χ0v) is 12.1. The molecule has 2 heterocycles. The predicted molar refractivity (Wildman–Crippen MR) is 82.0 cm³/mol. The second kappa shape index (κ2) is 5.88. The Balaban J connectivity index is 1.85. The van der Waals surface area contributed by atoms with Crippen LogP contribution in [0.3, 0.4) is 0 Å². The molecule has 5 nitrogen and oxygen atoms in total. The van der Waals surface area contributed by atoms with Gasteiger partial charge in [0.1, 0.15) is 18.0 Å². The van der Waals surface area contributed by atoms with Crippen LogP contribution in [0.2, 0.25) is 5.02 Å². The molecule has 1 aromatic carbocycles. The molecule has 0 aliphatic heterocycles. The standard InChI is InChI=1S/C16H10ClN3O2/c17-13-7-11(9-18)4-5-14(13)22-10-12-8-16(21)20-6-2-1-3-15(20)19-12/h1-8H,10H2. The third-order valence-electron chi connectivity index (χ3n) is 3.06. The van der Waals surface area contributed by atoms with Gasteiger partial charge in [0.2, 0.25) is 0 Å². The number of nitrogens with zero attached hydrogens (tertiary/aromatic N) is 3. The summed E-state index contributed by atoms with van der Waals surface area (Å²) >= 11 is 6.04. The van der Waals surface area contributed by atoms with Crippen LogP contribution in [0.4, 0.5) is 0 Å². The number of halogens is 1. The van der Waals surface area contributed by atoms with Crippen molar-refractivity contribution in [3.63, 3.8) is 0 Å². The Labute approximate surface area is 131 Å². The number of fused-ring (bicyclic) bond motifs is 1. The van der Waals surface area contributed by atoms with Gasteiger partial charge >= 0.3 is 0 Å². The van der Waals surface area contributed by atoms with Gasteiger partial charge in [-0.1, -0.05) is 17.7 Å². The fourth-order valence-electron chi connectivity index (χ4n) is 2.02. The summed E-state index contributed by atoms with van der Waals surface area (Å²) in [4.78, 5) is 16.3. The summed E-state index contributed by atoms with van der Waals surface area (Å²) in [5.74, 6) is 0.440. The molecule has 0 atom stereocenters. The normalized spacial score (nSPS) is 10.4. The van der Waals surface area contributed by atoms with E-state index in [0.29, 0.717) is 27.7 Å². The summed E-state index contributed by atoms with van der Waals surface area (Å²) < 4.78 is 7.03. The smallest absolute Gasteiger partial charge is 0.258 e. The van der Waals surface area contributed by atoms with Crippen molar-refractivity contribution in [1.82, 2.24) is 9.38 Å². The molecule has 6 heteroatoms. The van der Waals surface area contributed by atoms with E-state index in [0.717, 1.165) is 0 Å². The molecule has 0 aliphatic rings. The molecule has 2 aromatic heterocycles. The van der Waals surface area contributed by atoms with Crippen molar-refractivity contribution in [2.24, 2.45) is 0 Å². The Morgan fingerprint density at radius 3 is 2.91 bits per heavy atom. The lowest BCUT2D eigenvalue weighted by atomic mass is 10.2. The molecule has 0 bridgehead atoms. The maximum absolute atomic E-state index is 12.0. The quantitative estimate of drug-likeness (QED) is 0.746. The molecule has 0 saturated heterocycles. The van der Waals surface area contributed by atoms with E-state index in [2.05, 4.69) is 4.98 Å². The first-order valence-electron chi connectivity index (χ1n) is 6.47. The van der Waals surface area contributed by atoms with Gasteiger partial charge in [0, 0.05) is 12.3 Å². The molecule has 0 amide bonds. The fraction of sp³-hybridized carbons (Fsp3) is 0.0625. The van der Waals surface area contributed by atoms with E-state index in [1.807, 2.05) is 12.1 Å². The first-order chi connectivity index (χ1) is 10.7. The van der Waals surface area contributed by atoms with Crippen molar-refractivity contribution < 1.29 is 4.74 Å². The van der Waals surface area contributed by atoms with Crippen LogP contribution < -0.4 is 10.3 Å². The number of ether oxygens (including phenoxy) is 1. The maximum Gasteiger partial charge on any atom is 0.258 e. The first-order valence-corrected chi connectivity index (χ1v) is 6.85. The van der Waals surface area contributed by atoms with Crippen LogP contribution in [0, 0.1) is 11.3 Å². The van der Waals surface area contributed by atoms with Crippen molar-refractivity contribution in [1.29, 1.82) is 5.26 Å². The Morgan fingerprint density at radius 1 is 1.27 bits per heavy atom. The molecule has 0 fully saturated rings. The van der Waals surface area contributed by atoms with Crippen LogP contribution in [0.5, 0.6) is 5.75 Å². The summed E-state index contributed by atoms with van der Waals surface area (Å²) in [5.41, 5.74) is 1.35. The van der Waals surface area contributed by atoms with Crippen molar-refractivity contribution in [3.05, 3.63) is 75.3 Å². The van der Waals surface area contributed by atoms with E-state index in [-0.39, 0.29) is 12.2 Å². The largest absolute Gasteiger partial charge is 0.486 e.